The topological polar surface area (TPSA) is 41.9 Å². The van der Waals surface area contributed by atoms with E-state index in [0.717, 1.165) is 24.3 Å². The van der Waals surface area contributed by atoms with Crippen molar-refractivity contribution in [3.63, 3.8) is 0 Å². The first kappa shape index (κ1) is 11.8. The second-order valence-electron chi connectivity index (χ2n) is 5.15. The highest BCUT2D eigenvalue weighted by atomic mass is 16.5. The number of aromatic hydroxyl groups is 1. The van der Waals surface area contributed by atoms with E-state index in [-0.39, 0.29) is 17.9 Å². The summed E-state index contributed by atoms with van der Waals surface area (Å²) in [7, 11) is 2.13. The van der Waals surface area contributed by atoms with Crippen LogP contribution in [0.1, 0.15) is 24.9 Å². The first-order chi connectivity index (χ1) is 8.66. The first-order valence-corrected chi connectivity index (χ1v) is 6.46. The zero-order valence-electron chi connectivity index (χ0n) is 10.8. The minimum Gasteiger partial charge on any atom is -0.508 e. The van der Waals surface area contributed by atoms with Crippen LogP contribution in [0.2, 0.25) is 0 Å². The average molecular weight is 249 g/mol. The molecule has 0 bridgehead atoms. The van der Waals surface area contributed by atoms with Gasteiger partial charge in [-0.2, -0.15) is 0 Å². The highest BCUT2D eigenvalue weighted by Crippen LogP contribution is 2.39. The second-order valence-corrected chi connectivity index (χ2v) is 5.15. The molecular formula is C14H19NO3. The number of fused-ring (bicyclic) bond motifs is 1. The van der Waals surface area contributed by atoms with E-state index in [1.807, 2.05) is 6.07 Å². The van der Waals surface area contributed by atoms with Crippen LogP contribution in [0.3, 0.4) is 0 Å². The van der Waals surface area contributed by atoms with E-state index >= 15 is 0 Å². The number of ether oxygens (including phenoxy) is 2. The van der Waals surface area contributed by atoms with E-state index in [1.54, 1.807) is 12.1 Å². The Bertz CT molecular complexity index is 449. The van der Waals surface area contributed by atoms with Gasteiger partial charge in [-0.1, -0.05) is 0 Å². The monoisotopic (exact) mass is 249 g/mol. The maximum absolute atomic E-state index is 9.46. The molecule has 3 rings (SSSR count). The van der Waals surface area contributed by atoms with E-state index in [9.17, 15) is 5.11 Å². The molecule has 0 saturated carbocycles. The lowest BCUT2D eigenvalue weighted by molar-refractivity contribution is 0.0620. The Hall–Kier alpha value is -1.26. The van der Waals surface area contributed by atoms with E-state index in [0.29, 0.717) is 12.6 Å². The van der Waals surface area contributed by atoms with Gasteiger partial charge < -0.3 is 14.6 Å². The van der Waals surface area contributed by atoms with Gasteiger partial charge in [-0.05, 0) is 32.5 Å². The lowest BCUT2D eigenvalue weighted by atomic mass is 10.0. The molecule has 4 heteroatoms. The third-order valence-corrected chi connectivity index (χ3v) is 4.10. The molecule has 4 nitrogen and oxygen atoms in total. The Labute approximate surface area is 107 Å². The molecule has 2 aliphatic heterocycles. The average Bonchev–Trinajstić information content (AvgIpc) is 2.94. The molecule has 0 aliphatic carbocycles. The molecule has 3 unspecified atom stereocenters. The molecule has 0 radical (unpaired) electrons. The first-order valence-electron chi connectivity index (χ1n) is 6.46. The summed E-state index contributed by atoms with van der Waals surface area (Å²) in [4.78, 5) is 2.35. The molecule has 1 aromatic carbocycles. The standard InChI is InChI=1S/C14H19NO3/c1-9-12(5-6-17-9)15(2)13-8-18-14-7-10(16)3-4-11(13)14/h3-4,7,9,12-13,16H,5-6,8H2,1-2H3. The molecule has 1 aromatic rings. The van der Waals surface area contributed by atoms with E-state index in [2.05, 4.69) is 18.9 Å². The highest BCUT2D eigenvalue weighted by molar-refractivity contribution is 5.44. The van der Waals surface area contributed by atoms with Crippen LogP contribution < -0.4 is 4.74 Å². The van der Waals surface area contributed by atoms with Crippen LogP contribution in [0.4, 0.5) is 0 Å². The van der Waals surface area contributed by atoms with E-state index in [1.165, 1.54) is 0 Å². The van der Waals surface area contributed by atoms with E-state index in [4.69, 9.17) is 9.47 Å². The number of hydrogen-bond donors (Lipinski definition) is 1. The van der Waals surface area contributed by atoms with E-state index < -0.39 is 0 Å². The number of phenolic OH excluding ortho intramolecular Hbond substituents is 1. The van der Waals surface area contributed by atoms with Gasteiger partial charge in [0, 0.05) is 24.3 Å². The number of benzene rings is 1. The second kappa shape index (κ2) is 4.44. The van der Waals surface area contributed by atoms with Crippen molar-refractivity contribution in [3.05, 3.63) is 23.8 Å². The van der Waals surface area contributed by atoms with Crippen molar-refractivity contribution in [1.82, 2.24) is 4.90 Å². The number of rotatable bonds is 2. The van der Waals surface area contributed by atoms with Gasteiger partial charge in [-0.25, -0.2) is 0 Å². The van der Waals surface area contributed by atoms with Crippen molar-refractivity contribution >= 4 is 0 Å². The SMILES string of the molecule is CC1OCCC1N(C)C1COc2cc(O)ccc21. The maximum Gasteiger partial charge on any atom is 0.127 e. The normalized spacial score (nSPS) is 30.5. The molecule has 1 N–H and O–H groups in total. The van der Waals surface area contributed by atoms with Crippen LogP contribution in [-0.2, 0) is 4.74 Å². The van der Waals surface area contributed by atoms with Gasteiger partial charge in [0.25, 0.3) is 0 Å². The number of nitrogens with zero attached hydrogens (tertiary/aromatic N) is 1. The molecule has 2 heterocycles. The van der Waals surface area contributed by atoms with Crippen LogP contribution in [0.5, 0.6) is 11.5 Å². The van der Waals surface area contributed by atoms with Crippen LogP contribution in [-0.4, -0.2) is 42.4 Å². The molecule has 18 heavy (non-hydrogen) atoms. The highest BCUT2D eigenvalue weighted by Gasteiger charge is 2.36. The zero-order chi connectivity index (χ0) is 12.7. The fourth-order valence-electron chi connectivity index (χ4n) is 3.01. The fourth-order valence-corrected chi connectivity index (χ4v) is 3.01. The molecule has 98 valence electrons. The Morgan fingerprint density at radius 1 is 1.39 bits per heavy atom. The van der Waals surface area contributed by atoms with Crippen molar-refractivity contribution in [1.29, 1.82) is 0 Å². The van der Waals surface area contributed by atoms with Gasteiger partial charge in [0.2, 0.25) is 0 Å². The largest absolute Gasteiger partial charge is 0.508 e. The van der Waals surface area contributed by atoms with Crippen LogP contribution in [0, 0.1) is 0 Å². The van der Waals surface area contributed by atoms with Crippen molar-refractivity contribution in [3.8, 4) is 11.5 Å². The summed E-state index contributed by atoms with van der Waals surface area (Å²) < 4.78 is 11.3. The molecular weight excluding hydrogens is 230 g/mol. The van der Waals surface area contributed by atoms with Crippen molar-refractivity contribution in [2.24, 2.45) is 0 Å². The molecule has 2 aliphatic rings. The van der Waals surface area contributed by atoms with Crippen molar-refractivity contribution in [2.45, 2.75) is 31.5 Å². The third-order valence-electron chi connectivity index (χ3n) is 4.10. The summed E-state index contributed by atoms with van der Waals surface area (Å²) in [5, 5.41) is 9.46. The van der Waals surface area contributed by atoms with Gasteiger partial charge in [0.05, 0.1) is 12.1 Å². The summed E-state index contributed by atoms with van der Waals surface area (Å²) in [6.07, 6.45) is 1.35. The fraction of sp³-hybridized carbons (Fsp3) is 0.571. The molecule has 1 saturated heterocycles. The predicted octanol–water partition coefficient (Wildman–Crippen LogP) is 1.93. The smallest absolute Gasteiger partial charge is 0.127 e. The number of likely N-dealkylation sites (N-methyl/N-ethyl adjacent to an activating group) is 1. The molecule has 1 fully saturated rings. The summed E-state index contributed by atoms with van der Waals surface area (Å²) >= 11 is 0. The lowest BCUT2D eigenvalue weighted by Gasteiger charge is -2.31. The zero-order valence-corrected chi connectivity index (χ0v) is 10.8. The Balaban J connectivity index is 1.83. The summed E-state index contributed by atoms with van der Waals surface area (Å²) in [5.41, 5.74) is 1.16. The Morgan fingerprint density at radius 3 is 2.94 bits per heavy atom. The summed E-state index contributed by atoms with van der Waals surface area (Å²) in [6, 6.07) is 6.08. The van der Waals surface area contributed by atoms with Crippen LogP contribution in [0.15, 0.2) is 18.2 Å². The summed E-state index contributed by atoms with van der Waals surface area (Å²) in [6.45, 7) is 3.62. The van der Waals surface area contributed by atoms with Crippen LogP contribution >= 0.6 is 0 Å². The maximum atomic E-state index is 9.46. The van der Waals surface area contributed by atoms with Gasteiger partial charge >= 0.3 is 0 Å². The lowest BCUT2D eigenvalue weighted by Crippen LogP contribution is -2.39. The Kier molecular flexibility index (Phi) is 2.92. The molecule has 0 spiro atoms. The van der Waals surface area contributed by atoms with Crippen LogP contribution in [0.25, 0.3) is 0 Å². The minimum atomic E-state index is 0.259. The Morgan fingerprint density at radius 2 is 2.22 bits per heavy atom. The van der Waals surface area contributed by atoms with Gasteiger partial charge in [-0.3, -0.25) is 4.90 Å². The third kappa shape index (κ3) is 1.85. The number of hydrogen-bond acceptors (Lipinski definition) is 4. The van der Waals surface area contributed by atoms with Gasteiger partial charge in [0.1, 0.15) is 18.1 Å². The van der Waals surface area contributed by atoms with Gasteiger partial charge in [-0.15, -0.1) is 0 Å². The predicted molar refractivity (Wildman–Crippen MR) is 67.9 cm³/mol. The molecule has 0 aromatic heterocycles. The summed E-state index contributed by atoms with van der Waals surface area (Å²) in [5.74, 6) is 1.06. The number of phenols is 1. The van der Waals surface area contributed by atoms with Crippen molar-refractivity contribution in [2.75, 3.05) is 20.3 Å². The van der Waals surface area contributed by atoms with Crippen molar-refractivity contribution < 1.29 is 14.6 Å². The quantitative estimate of drug-likeness (QED) is 0.869. The minimum absolute atomic E-state index is 0.259. The van der Waals surface area contributed by atoms with Gasteiger partial charge in [0.15, 0.2) is 0 Å². The molecule has 3 atom stereocenters. The molecule has 0 amide bonds.